The molecule has 146 valence electrons. The maximum absolute atomic E-state index is 5.73. The van der Waals surface area contributed by atoms with Crippen molar-refractivity contribution in [3.05, 3.63) is 59.2 Å². The van der Waals surface area contributed by atoms with Crippen LogP contribution in [0.4, 0.5) is 0 Å². The topological polar surface area (TPSA) is 54.9 Å². The number of rotatable bonds is 5. The van der Waals surface area contributed by atoms with Gasteiger partial charge in [-0.25, -0.2) is 0 Å². The van der Waals surface area contributed by atoms with Crippen LogP contribution in [-0.4, -0.2) is 33.3 Å². The molecular formula is C21H28IN3O2. The van der Waals surface area contributed by atoms with Gasteiger partial charge in [-0.2, -0.15) is 0 Å². The van der Waals surface area contributed by atoms with Crippen LogP contribution in [-0.2, 0) is 6.42 Å². The number of ether oxygens (including phenoxy) is 2. The van der Waals surface area contributed by atoms with E-state index in [0.717, 1.165) is 49.0 Å². The zero-order valence-electron chi connectivity index (χ0n) is 16.1. The summed E-state index contributed by atoms with van der Waals surface area (Å²) in [5, 5.41) is 6.92. The highest BCUT2D eigenvalue weighted by atomic mass is 127. The van der Waals surface area contributed by atoms with Gasteiger partial charge in [0.2, 0.25) is 0 Å². The molecule has 5 nitrogen and oxygen atoms in total. The molecule has 0 saturated carbocycles. The van der Waals surface area contributed by atoms with Gasteiger partial charge in [0.1, 0.15) is 11.5 Å². The van der Waals surface area contributed by atoms with Gasteiger partial charge in [0.25, 0.3) is 0 Å². The minimum absolute atomic E-state index is 0. The Bertz CT molecular complexity index is 780. The van der Waals surface area contributed by atoms with E-state index in [1.165, 1.54) is 11.1 Å². The van der Waals surface area contributed by atoms with Crippen molar-refractivity contribution >= 4 is 29.9 Å². The molecule has 2 aromatic rings. The van der Waals surface area contributed by atoms with Gasteiger partial charge in [0.15, 0.2) is 5.96 Å². The van der Waals surface area contributed by atoms with E-state index in [2.05, 4.69) is 46.8 Å². The molecular weight excluding hydrogens is 453 g/mol. The van der Waals surface area contributed by atoms with Crippen LogP contribution >= 0.6 is 24.0 Å². The number of nitrogens with zero attached hydrogens (tertiary/aromatic N) is 1. The molecule has 1 aliphatic heterocycles. The number of halogens is 1. The Morgan fingerprint density at radius 2 is 2.07 bits per heavy atom. The SMILES string of the molecule is CN=C(NCCc1ccc(C)c(OC)c1)NC1CCOc2ccccc21.I. The van der Waals surface area contributed by atoms with Crippen molar-refractivity contribution in [2.45, 2.75) is 25.8 Å². The Hall–Kier alpha value is -1.96. The Morgan fingerprint density at radius 1 is 1.26 bits per heavy atom. The highest BCUT2D eigenvalue weighted by molar-refractivity contribution is 14.0. The highest BCUT2D eigenvalue weighted by Crippen LogP contribution is 2.31. The van der Waals surface area contributed by atoms with E-state index in [1.807, 2.05) is 18.2 Å². The number of hydrogen-bond acceptors (Lipinski definition) is 3. The van der Waals surface area contributed by atoms with Gasteiger partial charge in [0, 0.05) is 25.6 Å². The fourth-order valence-electron chi connectivity index (χ4n) is 3.20. The molecule has 6 heteroatoms. The van der Waals surface area contributed by atoms with E-state index >= 15 is 0 Å². The quantitative estimate of drug-likeness (QED) is 0.387. The van der Waals surface area contributed by atoms with Crippen molar-refractivity contribution in [2.24, 2.45) is 4.99 Å². The van der Waals surface area contributed by atoms with Crippen LogP contribution in [0.3, 0.4) is 0 Å². The monoisotopic (exact) mass is 481 g/mol. The standard InChI is InChI=1S/C21H27N3O2.HI/c1-15-8-9-16(14-20(15)25-3)10-12-23-21(22-2)24-18-11-13-26-19-7-5-4-6-17(18)19;/h4-9,14,18H,10-13H2,1-3H3,(H2,22,23,24);1H. The maximum atomic E-state index is 5.73. The molecule has 2 aromatic carbocycles. The summed E-state index contributed by atoms with van der Waals surface area (Å²) in [7, 11) is 3.51. The zero-order valence-corrected chi connectivity index (χ0v) is 18.4. The number of para-hydroxylation sites is 1. The lowest BCUT2D eigenvalue weighted by Crippen LogP contribution is -2.41. The molecule has 1 heterocycles. The lowest BCUT2D eigenvalue weighted by Gasteiger charge is -2.28. The number of guanidine groups is 1. The average molecular weight is 481 g/mol. The molecule has 0 spiro atoms. The van der Waals surface area contributed by atoms with E-state index in [4.69, 9.17) is 9.47 Å². The molecule has 1 atom stereocenters. The Labute approximate surface area is 178 Å². The molecule has 27 heavy (non-hydrogen) atoms. The first-order valence-electron chi connectivity index (χ1n) is 9.03. The van der Waals surface area contributed by atoms with Gasteiger partial charge in [-0.05, 0) is 36.6 Å². The Kier molecular flexibility index (Phi) is 8.22. The van der Waals surface area contributed by atoms with Crippen molar-refractivity contribution in [2.75, 3.05) is 27.3 Å². The smallest absolute Gasteiger partial charge is 0.191 e. The fraction of sp³-hybridized carbons (Fsp3) is 0.381. The van der Waals surface area contributed by atoms with Crippen LogP contribution in [0.2, 0.25) is 0 Å². The van der Waals surface area contributed by atoms with Gasteiger partial charge in [0.05, 0.1) is 19.8 Å². The van der Waals surface area contributed by atoms with Crippen LogP contribution in [0.15, 0.2) is 47.5 Å². The Morgan fingerprint density at radius 3 is 2.85 bits per heavy atom. The summed E-state index contributed by atoms with van der Waals surface area (Å²) >= 11 is 0. The largest absolute Gasteiger partial charge is 0.496 e. The molecule has 0 amide bonds. The summed E-state index contributed by atoms with van der Waals surface area (Å²) in [5.41, 5.74) is 3.58. The predicted molar refractivity (Wildman–Crippen MR) is 121 cm³/mol. The molecule has 0 bridgehead atoms. The maximum Gasteiger partial charge on any atom is 0.191 e. The minimum atomic E-state index is 0. The van der Waals surface area contributed by atoms with Crippen LogP contribution in [0.5, 0.6) is 11.5 Å². The molecule has 0 saturated heterocycles. The van der Waals surface area contributed by atoms with Crippen molar-refractivity contribution in [3.8, 4) is 11.5 Å². The van der Waals surface area contributed by atoms with Gasteiger partial charge in [-0.15, -0.1) is 24.0 Å². The van der Waals surface area contributed by atoms with Crippen molar-refractivity contribution in [1.29, 1.82) is 0 Å². The number of hydrogen-bond donors (Lipinski definition) is 2. The van der Waals surface area contributed by atoms with E-state index in [-0.39, 0.29) is 30.0 Å². The third kappa shape index (κ3) is 5.51. The first kappa shape index (κ1) is 21.3. The van der Waals surface area contributed by atoms with Crippen molar-refractivity contribution in [1.82, 2.24) is 10.6 Å². The zero-order chi connectivity index (χ0) is 18.4. The summed E-state index contributed by atoms with van der Waals surface area (Å²) < 4.78 is 11.1. The molecule has 2 N–H and O–H groups in total. The number of aliphatic imine (C=N–C) groups is 1. The number of fused-ring (bicyclic) bond motifs is 1. The second kappa shape index (κ2) is 10.4. The van der Waals surface area contributed by atoms with E-state index < -0.39 is 0 Å². The number of aryl methyl sites for hydroxylation is 1. The van der Waals surface area contributed by atoms with Gasteiger partial charge in [-0.1, -0.05) is 30.3 Å². The molecule has 0 aromatic heterocycles. The summed E-state index contributed by atoms with van der Waals surface area (Å²) in [6, 6.07) is 14.7. The summed E-state index contributed by atoms with van der Waals surface area (Å²) in [5.74, 6) is 2.70. The number of methoxy groups -OCH3 is 1. The van der Waals surface area contributed by atoms with Crippen molar-refractivity contribution < 1.29 is 9.47 Å². The molecule has 0 fully saturated rings. The molecule has 0 aliphatic carbocycles. The fourth-order valence-corrected chi connectivity index (χ4v) is 3.20. The van der Waals surface area contributed by atoms with Crippen LogP contribution < -0.4 is 20.1 Å². The molecule has 3 rings (SSSR count). The van der Waals surface area contributed by atoms with Gasteiger partial charge in [-0.3, -0.25) is 4.99 Å². The van der Waals surface area contributed by atoms with E-state index in [9.17, 15) is 0 Å². The second-order valence-electron chi connectivity index (χ2n) is 6.42. The first-order valence-corrected chi connectivity index (χ1v) is 9.03. The minimum Gasteiger partial charge on any atom is -0.496 e. The summed E-state index contributed by atoms with van der Waals surface area (Å²) in [4.78, 5) is 4.36. The highest BCUT2D eigenvalue weighted by Gasteiger charge is 2.21. The second-order valence-corrected chi connectivity index (χ2v) is 6.42. The third-order valence-electron chi connectivity index (χ3n) is 4.67. The van der Waals surface area contributed by atoms with Crippen LogP contribution in [0.25, 0.3) is 0 Å². The summed E-state index contributed by atoms with van der Waals surface area (Å²) in [6.07, 6.45) is 1.83. The van der Waals surface area contributed by atoms with E-state index in [0.29, 0.717) is 0 Å². The number of nitrogens with one attached hydrogen (secondary N) is 2. The average Bonchev–Trinajstić information content (AvgIpc) is 2.68. The van der Waals surface area contributed by atoms with Gasteiger partial charge >= 0.3 is 0 Å². The summed E-state index contributed by atoms with van der Waals surface area (Å²) in [6.45, 7) is 3.57. The lowest BCUT2D eigenvalue weighted by molar-refractivity contribution is 0.261. The molecule has 1 unspecified atom stereocenters. The lowest BCUT2D eigenvalue weighted by atomic mass is 10.0. The van der Waals surface area contributed by atoms with Gasteiger partial charge < -0.3 is 20.1 Å². The molecule has 1 aliphatic rings. The number of benzene rings is 2. The Balaban J connectivity index is 0.00000261. The first-order chi connectivity index (χ1) is 12.7. The molecule has 0 radical (unpaired) electrons. The van der Waals surface area contributed by atoms with Crippen molar-refractivity contribution in [3.63, 3.8) is 0 Å². The van der Waals surface area contributed by atoms with Crippen LogP contribution in [0.1, 0.15) is 29.2 Å². The van der Waals surface area contributed by atoms with E-state index in [1.54, 1.807) is 14.2 Å². The normalized spacial score (nSPS) is 15.8. The predicted octanol–water partition coefficient (Wildman–Crippen LogP) is 3.85. The van der Waals surface area contributed by atoms with Crippen LogP contribution in [0, 0.1) is 6.92 Å². The third-order valence-corrected chi connectivity index (χ3v) is 4.67.